The smallest absolute Gasteiger partial charge is 0.219 e. The predicted molar refractivity (Wildman–Crippen MR) is 77.3 cm³/mol. The van der Waals surface area contributed by atoms with Crippen molar-refractivity contribution >= 4 is 5.91 Å². The average Bonchev–Trinajstić information content (AvgIpc) is 2.70. The van der Waals surface area contributed by atoms with E-state index in [4.69, 9.17) is 0 Å². The quantitative estimate of drug-likeness (QED) is 0.886. The number of rotatable bonds is 3. The van der Waals surface area contributed by atoms with Gasteiger partial charge in [-0.15, -0.1) is 0 Å². The van der Waals surface area contributed by atoms with E-state index in [2.05, 4.69) is 10.2 Å². The molecular weight excluding hydrogens is 252 g/mol. The summed E-state index contributed by atoms with van der Waals surface area (Å²) in [5.74, 6) is 0.538. The van der Waals surface area contributed by atoms with Gasteiger partial charge in [0.2, 0.25) is 5.91 Å². The highest BCUT2D eigenvalue weighted by Crippen LogP contribution is 2.35. The molecule has 1 amide bonds. The Morgan fingerprint density at radius 3 is 2.40 bits per heavy atom. The molecule has 2 saturated heterocycles. The van der Waals surface area contributed by atoms with Crippen LogP contribution in [-0.2, 0) is 11.3 Å². The average molecular weight is 274 g/mol. The second-order valence-electron chi connectivity index (χ2n) is 6.03. The Bertz CT molecular complexity index is 472. The number of nitrogens with one attached hydrogen (secondary N) is 1. The van der Waals surface area contributed by atoms with Gasteiger partial charge in [0.05, 0.1) is 0 Å². The fraction of sp³-hybridized carbons (Fsp3) is 0.562. The van der Waals surface area contributed by atoms with Gasteiger partial charge < -0.3 is 15.3 Å². The lowest BCUT2D eigenvalue weighted by Crippen LogP contribution is -2.50. The maximum absolute atomic E-state index is 11.7. The summed E-state index contributed by atoms with van der Waals surface area (Å²) in [6, 6.07) is 8.70. The van der Waals surface area contributed by atoms with Crippen molar-refractivity contribution in [1.29, 1.82) is 0 Å². The highest BCUT2D eigenvalue weighted by atomic mass is 16.3. The number of phenolic OH excluding ortho intramolecular Hbond substituents is 1. The number of benzene rings is 1. The summed E-state index contributed by atoms with van der Waals surface area (Å²) < 4.78 is 0. The van der Waals surface area contributed by atoms with Gasteiger partial charge in [-0.05, 0) is 43.4 Å². The van der Waals surface area contributed by atoms with Crippen LogP contribution in [0.1, 0.15) is 38.2 Å². The molecule has 2 bridgehead atoms. The Morgan fingerprint density at radius 2 is 1.85 bits per heavy atom. The minimum atomic E-state index is 0.231. The number of nitrogens with zero attached hydrogens (tertiary/aromatic N) is 1. The Hall–Kier alpha value is -1.55. The zero-order valence-electron chi connectivity index (χ0n) is 11.9. The van der Waals surface area contributed by atoms with E-state index in [1.165, 1.54) is 5.56 Å². The normalized spacial score (nSPS) is 28.6. The Morgan fingerprint density at radius 1 is 1.25 bits per heavy atom. The molecule has 2 heterocycles. The molecule has 2 aliphatic heterocycles. The first-order valence-corrected chi connectivity index (χ1v) is 7.43. The van der Waals surface area contributed by atoms with Crippen molar-refractivity contribution in [3.63, 3.8) is 0 Å². The molecule has 2 N–H and O–H groups in total. The van der Waals surface area contributed by atoms with E-state index in [0.717, 1.165) is 32.2 Å². The lowest BCUT2D eigenvalue weighted by molar-refractivity contribution is -0.133. The SMILES string of the molecule is CC(=O)N1[C@@H]2CC[C@H]1CC(NCc1ccc(O)cc1)C2. The number of hydrogen-bond acceptors (Lipinski definition) is 3. The molecule has 0 spiro atoms. The molecule has 3 rings (SSSR count). The van der Waals surface area contributed by atoms with Crippen molar-refractivity contribution in [2.24, 2.45) is 0 Å². The van der Waals surface area contributed by atoms with Gasteiger partial charge in [0.25, 0.3) is 0 Å². The maximum Gasteiger partial charge on any atom is 0.219 e. The molecule has 108 valence electrons. The van der Waals surface area contributed by atoms with E-state index in [1.807, 2.05) is 12.1 Å². The van der Waals surface area contributed by atoms with Crippen molar-refractivity contribution in [2.75, 3.05) is 0 Å². The molecule has 2 aliphatic rings. The number of amides is 1. The van der Waals surface area contributed by atoms with Gasteiger partial charge in [0.15, 0.2) is 0 Å². The first kappa shape index (κ1) is 13.4. The second-order valence-corrected chi connectivity index (χ2v) is 6.03. The fourth-order valence-corrected chi connectivity index (χ4v) is 3.73. The number of phenols is 1. The third-order valence-electron chi connectivity index (χ3n) is 4.63. The summed E-state index contributed by atoms with van der Waals surface area (Å²) in [5, 5.41) is 12.9. The molecule has 3 atom stereocenters. The van der Waals surface area contributed by atoms with E-state index in [0.29, 0.717) is 23.9 Å². The van der Waals surface area contributed by atoms with Gasteiger partial charge in [0.1, 0.15) is 5.75 Å². The van der Waals surface area contributed by atoms with Crippen LogP contribution >= 0.6 is 0 Å². The maximum atomic E-state index is 11.7. The zero-order chi connectivity index (χ0) is 14.1. The molecule has 4 heteroatoms. The van der Waals surface area contributed by atoms with Crippen LogP contribution in [0.3, 0.4) is 0 Å². The molecule has 2 fully saturated rings. The summed E-state index contributed by atoms with van der Waals surface area (Å²) >= 11 is 0. The summed E-state index contributed by atoms with van der Waals surface area (Å²) in [4.78, 5) is 13.8. The first-order valence-electron chi connectivity index (χ1n) is 7.43. The Labute approximate surface area is 119 Å². The Kier molecular flexibility index (Phi) is 3.66. The van der Waals surface area contributed by atoms with Gasteiger partial charge in [-0.1, -0.05) is 12.1 Å². The van der Waals surface area contributed by atoms with Crippen LogP contribution in [0, 0.1) is 0 Å². The summed E-state index contributed by atoms with van der Waals surface area (Å²) in [6.07, 6.45) is 4.44. The monoisotopic (exact) mass is 274 g/mol. The van der Waals surface area contributed by atoms with Gasteiger partial charge >= 0.3 is 0 Å². The zero-order valence-corrected chi connectivity index (χ0v) is 11.9. The molecule has 1 unspecified atom stereocenters. The summed E-state index contributed by atoms with van der Waals surface area (Å²) in [5.41, 5.74) is 1.18. The van der Waals surface area contributed by atoms with Crippen molar-refractivity contribution in [1.82, 2.24) is 10.2 Å². The van der Waals surface area contributed by atoms with E-state index >= 15 is 0 Å². The lowest BCUT2D eigenvalue weighted by Gasteiger charge is -2.38. The second kappa shape index (κ2) is 5.44. The standard InChI is InChI=1S/C16H22N2O2/c1-11(19)18-14-4-5-15(18)9-13(8-14)17-10-12-2-6-16(20)7-3-12/h2-3,6-7,13-15,17,20H,4-5,8-10H2,1H3/t13?,14-,15+. The highest BCUT2D eigenvalue weighted by molar-refractivity contribution is 5.74. The van der Waals surface area contributed by atoms with Crippen molar-refractivity contribution < 1.29 is 9.90 Å². The van der Waals surface area contributed by atoms with E-state index < -0.39 is 0 Å². The minimum absolute atomic E-state index is 0.231. The number of carbonyl (C=O) groups is 1. The molecule has 0 aromatic heterocycles. The molecule has 0 aliphatic carbocycles. The minimum Gasteiger partial charge on any atom is -0.508 e. The molecule has 4 nitrogen and oxygen atoms in total. The fourth-order valence-electron chi connectivity index (χ4n) is 3.73. The molecule has 20 heavy (non-hydrogen) atoms. The van der Waals surface area contributed by atoms with Gasteiger partial charge in [-0.3, -0.25) is 4.79 Å². The number of piperidine rings is 1. The van der Waals surface area contributed by atoms with Gasteiger partial charge in [-0.2, -0.15) is 0 Å². The van der Waals surface area contributed by atoms with Gasteiger partial charge in [0, 0.05) is 31.6 Å². The number of carbonyl (C=O) groups excluding carboxylic acids is 1. The van der Waals surface area contributed by atoms with Crippen LogP contribution in [0.2, 0.25) is 0 Å². The third kappa shape index (κ3) is 2.66. The number of hydrogen-bond donors (Lipinski definition) is 2. The van der Waals surface area contributed by atoms with Crippen LogP contribution in [0.25, 0.3) is 0 Å². The summed E-state index contributed by atoms with van der Waals surface area (Å²) in [6.45, 7) is 2.51. The van der Waals surface area contributed by atoms with Crippen LogP contribution in [-0.4, -0.2) is 34.0 Å². The van der Waals surface area contributed by atoms with Crippen LogP contribution in [0.5, 0.6) is 5.75 Å². The molecule has 0 saturated carbocycles. The van der Waals surface area contributed by atoms with Crippen LogP contribution < -0.4 is 5.32 Å². The van der Waals surface area contributed by atoms with E-state index in [9.17, 15) is 9.90 Å². The lowest BCUT2D eigenvalue weighted by atomic mass is 9.97. The first-order chi connectivity index (χ1) is 9.63. The molecule has 1 aromatic rings. The number of aromatic hydroxyl groups is 1. The Balaban J connectivity index is 1.56. The topological polar surface area (TPSA) is 52.6 Å². The van der Waals surface area contributed by atoms with Crippen LogP contribution in [0.4, 0.5) is 0 Å². The third-order valence-corrected chi connectivity index (χ3v) is 4.63. The van der Waals surface area contributed by atoms with Gasteiger partial charge in [-0.25, -0.2) is 0 Å². The summed E-state index contributed by atoms with van der Waals surface area (Å²) in [7, 11) is 0. The predicted octanol–water partition coefficient (Wildman–Crippen LogP) is 2.02. The van der Waals surface area contributed by atoms with E-state index in [1.54, 1.807) is 19.1 Å². The largest absolute Gasteiger partial charge is 0.508 e. The highest BCUT2D eigenvalue weighted by Gasteiger charge is 2.41. The van der Waals surface area contributed by atoms with Crippen molar-refractivity contribution in [3.05, 3.63) is 29.8 Å². The van der Waals surface area contributed by atoms with Crippen LogP contribution in [0.15, 0.2) is 24.3 Å². The molecule has 1 aromatic carbocycles. The van der Waals surface area contributed by atoms with Crippen molar-refractivity contribution in [3.8, 4) is 5.75 Å². The van der Waals surface area contributed by atoms with Crippen molar-refractivity contribution in [2.45, 2.75) is 57.3 Å². The molecular formula is C16H22N2O2. The number of fused-ring (bicyclic) bond motifs is 2. The van der Waals surface area contributed by atoms with E-state index in [-0.39, 0.29) is 5.91 Å². The molecule has 0 radical (unpaired) electrons.